The molecule has 1 aromatic heterocycles. The van der Waals surface area contributed by atoms with Gasteiger partial charge in [-0.15, -0.1) is 0 Å². The molecule has 2 atom stereocenters. The van der Waals surface area contributed by atoms with Crippen LogP contribution in [0.3, 0.4) is 0 Å². The number of ether oxygens (including phenoxy) is 1. The van der Waals surface area contributed by atoms with E-state index in [0.717, 1.165) is 36.2 Å². The number of esters is 1. The molecule has 5 heteroatoms. The smallest absolute Gasteiger partial charge is 0.336 e. The molecule has 0 saturated carbocycles. The summed E-state index contributed by atoms with van der Waals surface area (Å²) >= 11 is 0. The second-order valence-corrected chi connectivity index (χ2v) is 7.93. The highest BCUT2D eigenvalue weighted by Gasteiger charge is 2.42. The lowest BCUT2D eigenvalue weighted by Gasteiger charge is -2.35. The molecule has 0 fully saturated rings. The molecule has 2 heterocycles. The van der Waals surface area contributed by atoms with Crippen LogP contribution >= 0.6 is 0 Å². The summed E-state index contributed by atoms with van der Waals surface area (Å²) in [4.78, 5) is 26.3. The van der Waals surface area contributed by atoms with Crippen molar-refractivity contribution < 1.29 is 18.7 Å². The highest BCUT2D eigenvalue weighted by molar-refractivity contribution is 6.04. The average Bonchev–Trinajstić information content (AvgIpc) is 3.28. The Morgan fingerprint density at radius 1 is 1.17 bits per heavy atom. The van der Waals surface area contributed by atoms with E-state index < -0.39 is 5.92 Å². The van der Waals surface area contributed by atoms with Gasteiger partial charge in [0.15, 0.2) is 5.78 Å². The number of rotatable bonds is 6. The summed E-state index contributed by atoms with van der Waals surface area (Å²) in [6.45, 7) is 4.28. The molecule has 0 spiro atoms. The number of furan rings is 1. The Bertz CT molecular complexity index is 985. The van der Waals surface area contributed by atoms with E-state index in [0.29, 0.717) is 29.9 Å². The Morgan fingerprint density at radius 3 is 2.67 bits per heavy atom. The van der Waals surface area contributed by atoms with Gasteiger partial charge in [-0.25, -0.2) is 4.79 Å². The summed E-state index contributed by atoms with van der Waals surface area (Å²) < 4.78 is 11.2. The molecule has 156 valence electrons. The van der Waals surface area contributed by atoms with Gasteiger partial charge in [0, 0.05) is 23.4 Å². The van der Waals surface area contributed by atoms with E-state index in [-0.39, 0.29) is 17.7 Å². The molecule has 2 aromatic rings. The van der Waals surface area contributed by atoms with Gasteiger partial charge in [-0.3, -0.25) is 4.79 Å². The number of unbranched alkanes of at least 4 members (excludes halogenated alkanes) is 1. The predicted octanol–water partition coefficient (Wildman–Crippen LogP) is 4.98. The van der Waals surface area contributed by atoms with Gasteiger partial charge in [-0.2, -0.15) is 0 Å². The van der Waals surface area contributed by atoms with Gasteiger partial charge < -0.3 is 14.5 Å². The normalized spacial score (nSPS) is 21.3. The number of dihydropyridines is 1. The van der Waals surface area contributed by atoms with E-state index in [1.165, 1.54) is 0 Å². The number of Topliss-reactive ketones (excluding diaryl/α,β-unsaturated/α-hetero) is 1. The molecule has 5 nitrogen and oxygen atoms in total. The van der Waals surface area contributed by atoms with Crippen molar-refractivity contribution in [3.05, 3.63) is 82.6 Å². The molecule has 1 aliphatic heterocycles. The Balaban J connectivity index is 1.70. The quantitative estimate of drug-likeness (QED) is 0.542. The van der Waals surface area contributed by atoms with Crippen LogP contribution in [0.4, 0.5) is 0 Å². The topological polar surface area (TPSA) is 68.5 Å². The van der Waals surface area contributed by atoms with Crippen LogP contribution in [0.2, 0.25) is 0 Å². The van der Waals surface area contributed by atoms with Crippen LogP contribution in [0.5, 0.6) is 0 Å². The van der Waals surface area contributed by atoms with Crippen molar-refractivity contribution in [2.24, 2.45) is 0 Å². The van der Waals surface area contributed by atoms with E-state index in [4.69, 9.17) is 9.15 Å². The first-order chi connectivity index (χ1) is 14.6. The van der Waals surface area contributed by atoms with Crippen molar-refractivity contribution in [2.75, 3.05) is 6.61 Å². The molecule has 4 rings (SSSR count). The number of nitrogens with one attached hydrogen (secondary N) is 1. The molecule has 0 radical (unpaired) electrons. The molecular weight excluding hydrogens is 378 g/mol. The van der Waals surface area contributed by atoms with Crippen LogP contribution in [0.15, 0.2) is 75.7 Å². The third kappa shape index (κ3) is 3.84. The van der Waals surface area contributed by atoms with Crippen LogP contribution < -0.4 is 5.32 Å². The fourth-order valence-electron chi connectivity index (χ4n) is 4.40. The van der Waals surface area contributed by atoms with E-state index in [1.54, 1.807) is 12.3 Å². The Hall–Kier alpha value is -3.08. The third-order valence-electron chi connectivity index (χ3n) is 5.88. The number of ketones is 1. The van der Waals surface area contributed by atoms with E-state index >= 15 is 0 Å². The first-order valence-electron chi connectivity index (χ1n) is 10.6. The summed E-state index contributed by atoms with van der Waals surface area (Å²) in [6.07, 6.45) is 4.46. The monoisotopic (exact) mass is 405 g/mol. The molecule has 1 N–H and O–H groups in total. The SMILES string of the molecule is CCCCOC(=O)C1=C(C)NC2=C(C(=O)C[C@H](c3ccccc3)C2)[C@H]1c1ccco1. The number of hydrogen-bond acceptors (Lipinski definition) is 5. The highest BCUT2D eigenvalue weighted by atomic mass is 16.5. The van der Waals surface area contributed by atoms with E-state index in [9.17, 15) is 9.59 Å². The summed E-state index contributed by atoms with van der Waals surface area (Å²) in [6, 6.07) is 13.7. The Morgan fingerprint density at radius 2 is 1.97 bits per heavy atom. The third-order valence-corrected chi connectivity index (χ3v) is 5.88. The van der Waals surface area contributed by atoms with Crippen molar-refractivity contribution in [3.8, 4) is 0 Å². The summed E-state index contributed by atoms with van der Waals surface area (Å²) in [5.41, 5.74) is 3.85. The highest BCUT2D eigenvalue weighted by Crippen LogP contribution is 2.45. The zero-order valence-corrected chi connectivity index (χ0v) is 17.4. The molecule has 0 amide bonds. The number of hydrogen-bond donors (Lipinski definition) is 1. The zero-order chi connectivity index (χ0) is 21.1. The minimum absolute atomic E-state index is 0.0466. The van der Waals surface area contributed by atoms with Crippen molar-refractivity contribution in [1.29, 1.82) is 0 Å². The number of allylic oxidation sites excluding steroid dienone is 3. The summed E-state index contributed by atoms with van der Waals surface area (Å²) in [5.74, 6) is -0.162. The van der Waals surface area contributed by atoms with Crippen molar-refractivity contribution in [1.82, 2.24) is 5.32 Å². The number of benzene rings is 1. The molecule has 0 bridgehead atoms. The largest absolute Gasteiger partial charge is 0.468 e. The van der Waals surface area contributed by atoms with Gasteiger partial charge in [0.1, 0.15) is 5.76 Å². The van der Waals surface area contributed by atoms with Gasteiger partial charge in [0.05, 0.1) is 24.4 Å². The summed E-state index contributed by atoms with van der Waals surface area (Å²) in [5, 5.41) is 3.36. The maximum Gasteiger partial charge on any atom is 0.336 e. The van der Waals surface area contributed by atoms with Gasteiger partial charge in [-0.05, 0) is 43.4 Å². The molecule has 30 heavy (non-hydrogen) atoms. The molecule has 1 aromatic carbocycles. The van der Waals surface area contributed by atoms with Crippen molar-refractivity contribution >= 4 is 11.8 Å². The molecule has 0 unspecified atom stereocenters. The maximum absolute atomic E-state index is 13.3. The first-order valence-corrected chi connectivity index (χ1v) is 10.6. The Kier molecular flexibility index (Phi) is 5.88. The first kappa shape index (κ1) is 20.2. The second kappa shape index (κ2) is 8.74. The van der Waals surface area contributed by atoms with Crippen molar-refractivity contribution in [2.45, 2.75) is 51.4 Å². The van der Waals surface area contributed by atoms with Gasteiger partial charge >= 0.3 is 5.97 Å². The maximum atomic E-state index is 13.3. The van der Waals surface area contributed by atoms with Crippen LogP contribution in [-0.2, 0) is 14.3 Å². The fraction of sp³-hybridized carbons (Fsp3) is 0.360. The van der Waals surface area contributed by atoms with Gasteiger partial charge in [0.2, 0.25) is 0 Å². The van der Waals surface area contributed by atoms with Gasteiger partial charge in [-0.1, -0.05) is 43.7 Å². The lowest BCUT2D eigenvalue weighted by Crippen LogP contribution is -2.36. The van der Waals surface area contributed by atoms with Crippen LogP contribution in [0, 0.1) is 0 Å². The fourth-order valence-corrected chi connectivity index (χ4v) is 4.40. The van der Waals surface area contributed by atoms with Crippen molar-refractivity contribution in [3.63, 3.8) is 0 Å². The molecule has 1 aliphatic carbocycles. The second-order valence-electron chi connectivity index (χ2n) is 7.93. The molecular formula is C25H27NO4. The van der Waals surface area contributed by atoms with E-state index in [1.807, 2.05) is 38.1 Å². The standard InChI is InChI=1S/C25H27NO4/c1-3-4-12-30-25(28)22-16(2)26-19-14-18(17-9-6-5-7-10-17)15-20(27)23(19)24(22)21-11-8-13-29-21/h5-11,13,18,24,26H,3-4,12,14-15H2,1-2H3/t18-,24+/m1/s1. The van der Waals surface area contributed by atoms with Crippen LogP contribution in [-0.4, -0.2) is 18.4 Å². The van der Waals surface area contributed by atoms with Crippen LogP contribution in [0.1, 0.15) is 62.7 Å². The minimum atomic E-state index is -0.533. The number of carbonyl (C=O) groups is 2. The molecule has 2 aliphatic rings. The summed E-state index contributed by atoms with van der Waals surface area (Å²) in [7, 11) is 0. The lowest BCUT2D eigenvalue weighted by molar-refractivity contribution is -0.139. The molecule has 0 saturated heterocycles. The van der Waals surface area contributed by atoms with Crippen LogP contribution in [0.25, 0.3) is 0 Å². The van der Waals surface area contributed by atoms with E-state index in [2.05, 4.69) is 17.4 Å². The predicted molar refractivity (Wildman–Crippen MR) is 114 cm³/mol. The minimum Gasteiger partial charge on any atom is -0.468 e. The van der Waals surface area contributed by atoms with Gasteiger partial charge in [0.25, 0.3) is 0 Å². The average molecular weight is 405 g/mol. The Labute approximate surface area is 176 Å². The lowest BCUT2D eigenvalue weighted by atomic mass is 9.73. The number of carbonyl (C=O) groups excluding carboxylic acids is 2. The zero-order valence-electron chi connectivity index (χ0n) is 17.4.